The Morgan fingerprint density at radius 2 is 2.00 bits per heavy atom. The van der Waals surface area contributed by atoms with Gasteiger partial charge in [0.15, 0.2) is 5.96 Å². The van der Waals surface area contributed by atoms with Crippen molar-refractivity contribution in [2.45, 2.75) is 39.7 Å². The number of nitrogens with zero attached hydrogens (tertiary/aromatic N) is 6. The van der Waals surface area contributed by atoms with Crippen LogP contribution in [-0.2, 0) is 20.0 Å². The lowest BCUT2D eigenvalue weighted by molar-refractivity contribution is 0.473. The third-order valence-electron chi connectivity index (χ3n) is 4.96. The van der Waals surface area contributed by atoms with E-state index in [0.717, 1.165) is 43.4 Å². The highest BCUT2D eigenvalue weighted by atomic mass is 15.3. The largest absolute Gasteiger partial charge is 0.357 e. The number of benzene rings is 1. The molecular formula is C23H33N7. The highest BCUT2D eigenvalue weighted by molar-refractivity contribution is 5.79. The van der Waals surface area contributed by atoms with Crippen LogP contribution in [0.2, 0.25) is 0 Å². The molecule has 0 aliphatic carbocycles. The first kappa shape index (κ1) is 21.6. The van der Waals surface area contributed by atoms with Crippen LogP contribution < -0.4 is 5.32 Å². The predicted octanol–water partition coefficient (Wildman–Crippen LogP) is 3.37. The molecule has 0 radical (unpaired) electrons. The average molecular weight is 408 g/mol. The second-order valence-electron chi connectivity index (χ2n) is 7.83. The highest BCUT2D eigenvalue weighted by Gasteiger charge is 2.15. The quantitative estimate of drug-likeness (QED) is 0.459. The van der Waals surface area contributed by atoms with Gasteiger partial charge in [-0.2, -0.15) is 10.2 Å². The maximum absolute atomic E-state index is 4.85. The lowest BCUT2D eigenvalue weighted by Crippen LogP contribution is -2.38. The van der Waals surface area contributed by atoms with Gasteiger partial charge in [0.25, 0.3) is 0 Å². The fraction of sp³-hybridized carbons (Fsp3) is 0.435. The van der Waals surface area contributed by atoms with E-state index >= 15 is 0 Å². The van der Waals surface area contributed by atoms with E-state index in [2.05, 4.69) is 78.7 Å². The molecule has 7 nitrogen and oxygen atoms in total. The van der Waals surface area contributed by atoms with Crippen molar-refractivity contribution >= 4 is 5.96 Å². The minimum absolute atomic E-state index is 0.402. The molecule has 0 saturated carbocycles. The average Bonchev–Trinajstić information content (AvgIpc) is 3.38. The Hall–Kier alpha value is -3.09. The maximum Gasteiger partial charge on any atom is 0.193 e. The third kappa shape index (κ3) is 5.49. The number of rotatable bonds is 8. The van der Waals surface area contributed by atoms with Gasteiger partial charge in [-0.05, 0) is 43.0 Å². The number of hydrogen-bond donors (Lipinski definition) is 1. The van der Waals surface area contributed by atoms with E-state index in [4.69, 9.17) is 4.99 Å². The van der Waals surface area contributed by atoms with E-state index in [0.29, 0.717) is 5.92 Å². The molecule has 3 rings (SSSR count). The smallest absolute Gasteiger partial charge is 0.193 e. The molecule has 2 aromatic heterocycles. The molecule has 0 fully saturated rings. The summed E-state index contributed by atoms with van der Waals surface area (Å²) in [6, 6.07) is 10.4. The molecule has 1 aromatic carbocycles. The van der Waals surface area contributed by atoms with Crippen LogP contribution in [0.25, 0.3) is 5.69 Å². The first-order chi connectivity index (χ1) is 14.5. The minimum atomic E-state index is 0.402. The molecule has 0 spiro atoms. The summed E-state index contributed by atoms with van der Waals surface area (Å²) in [5.41, 5.74) is 4.73. The lowest BCUT2D eigenvalue weighted by atomic mass is 10.1. The van der Waals surface area contributed by atoms with Crippen LogP contribution in [0.5, 0.6) is 0 Å². The van der Waals surface area contributed by atoms with Crippen molar-refractivity contribution in [2.24, 2.45) is 12.0 Å². The van der Waals surface area contributed by atoms with Crippen molar-refractivity contribution in [2.75, 3.05) is 20.1 Å². The second-order valence-corrected chi connectivity index (χ2v) is 7.83. The summed E-state index contributed by atoms with van der Waals surface area (Å²) in [6.07, 6.45) is 6.74. The first-order valence-corrected chi connectivity index (χ1v) is 10.6. The van der Waals surface area contributed by atoms with Crippen LogP contribution in [-0.4, -0.2) is 50.6 Å². The molecule has 1 N–H and O–H groups in total. The Morgan fingerprint density at radius 3 is 2.63 bits per heavy atom. The monoisotopic (exact) mass is 407 g/mol. The van der Waals surface area contributed by atoms with E-state index in [1.165, 1.54) is 11.1 Å². The SMILES string of the molecule is CCNC(=NCCc1ccc(-n2cccn2)cc1)N(C)Cc1cn(C)nc1C(C)C. The standard InChI is InChI=1S/C23H33N7/c1-6-24-23(28(4)16-20-17-29(5)27-22(20)18(2)3)25-14-12-19-8-10-21(11-9-19)30-15-7-13-26-30/h7-11,13,15,17-18H,6,12,14,16H2,1-5H3,(H,24,25). The van der Waals surface area contributed by atoms with Gasteiger partial charge in [-0.15, -0.1) is 0 Å². The molecule has 0 atom stereocenters. The summed E-state index contributed by atoms with van der Waals surface area (Å²) in [5, 5.41) is 12.3. The van der Waals surface area contributed by atoms with Crippen molar-refractivity contribution in [1.82, 2.24) is 29.8 Å². The molecule has 0 bridgehead atoms. The fourth-order valence-corrected chi connectivity index (χ4v) is 3.49. The molecule has 160 valence electrons. The second kappa shape index (κ2) is 10.1. The Balaban J connectivity index is 1.62. The molecule has 0 aliphatic heterocycles. The van der Waals surface area contributed by atoms with E-state index < -0.39 is 0 Å². The third-order valence-corrected chi connectivity index (χ3v) is 4.96. The van der Waals surface area contributed by atoms with Gasteiger partial charge in [-0.1, -0.05) is 26.0 Å². The summed E-state index contributed by atoms with van der Waals surface area (Å²) in [4.78, 5) is 7.02. The number of hydrogen-bond acceptors (Lipinski definition) is 3. The molecule has 0 aliphatic rings. The number of aliphatic imine (C=N–C) groups is 1. The summed E-state index contributed by atoms with van der Waals surface area (Å²) >= 11 is 0. The van der Waals surface area contributed by atoms with E-state index in [-0.39, 0.29) is 0 Å². The molecule has 0 unspecified atom stereocenters. The summed E-state index contributed by atoms with van der Waals surface area (Å²) in [6.45, 7) is 8.82. The zero-order valence-electron chi connectivity index (χ0n) is 18.7. The van der Waals surface area contributed by atoms with Crippen LogP contribution in [0.15, 0.2) is 53.9 Å². The molecule has 3 aromatic rings. The number of aromatic nitrogens is 4. The van der Waals surface area contributed by atoms with Crippen LogP contribution in [0.4, 0.5) is 0 Å². The van der Waals surface area contributed by atoms with Gasteiger partial charge in [0.1, 0.15) is 0 Å². The van der Waals surface area contributed by atoms with Crippen molar-refractivity contribution in [3.8, 4) is 5.69 Å². The number of aryl methyl sites for hydroxylation is 1. The highest BCUT2D eigenvalue weighted by Crippen LogP contribution is 2.18. The van der Waals surface area contributed by atoms with E-state index in [1.54, 1.807) is 6.20 Å². The van der Waals surface area contributed by atoms with Gasteiger partial charge in [0.05, 0.1) is 11.4 Å². The predicted molar refractivity (Wildman–Crippen MR) is 122 cm³/mol. The molecular weight excluding hydrogens is 374 g/mol. The zero-order chi connectivity index (χ0) is 21.5. The van der Waals surface area contributed by atoms with Gasteiger partial charge >= 0.3 is 0 Å². The van der Waals surface area contributed by atoms with Gasteiger partial charge < -0.3 is 10.2 Å². The van der Waals surface area contributed by atoms with E-state index in [1.807, 2.05) is 28.7 Å². The Bertz CT molecular complexity index is 937. The van der Waals surface area contributed by atoms with Crippen molar-refractivity contribution in [3.63, 3.8) is 0 Å². The van der Waals surface area contributed by atoms with Crippen LogP contribution >= 0.6 is 0 Å². The van der Waals surface area contributed by atoms with Crippen LogP contribution in [0, 0.1) is 0 Å². The lowest BCUT2D eigenvalue weighted by Gasteiger charge is -2.22. The minimum Gasteiger partial charge on any atom is -0.357 e. The number of nitrogens with one attached hydrogen (secondary N) is 1. The van der Waals surface area contributed by atoms with Crippen molar-refractivity contribution < 1.29 is 0 Å². The number of guanidine groups is 1. The van der Waals surface area contributed by atoms with Gasteiger partial charge in [0.2, 0.25) is 0 Å². The summed E-state index contributed by atoms with van der Waals surface area (Å²) in [5.74, 6) is 1.32. The van der Waals surface area contributed by atoms with Crippen LogP contribution in [0.3, 0.4) is 0 Å². The molecule has 0 amide bonds. The Morgan fingerprint density at radius 1 is 1.23 bits per heavy atom. The molecule has 0 saturated heterocycles. The van der Waals surface area contributed by atoms with Crippen LogP contribution in [0.1, 0.15) is 43.5 Å². The first-order valence-electron chi connectivity index (χ1n) is 10.6. The van der Waals surface area contributed by atoms with Gasteiger partial charge in [-0.25, -0.2) is 4.68 Å². The fourth-order valence-electron chi connectivity index (χ4n) is 3.49. The molecule has 7 heteroatoms. The van der Waals surface area contributed by atoms with Gasteiger partial charge in [0, 0.05) is 57.9 Å². The van der Waals surface area contributed by atoms with Crippen molar-refractivity contribution in [3.05, 3.63) is 65.7 Å². The summed E-state index contributed by atoms with van der Waals surface area (Å²) in [7, 11) is 4.06. The summed E-state index contributed by atoms with van der Waals surface area (Å²) < 4.78 is 3.76. The normalized spacial score (nSPS) is 11.9. The van der Waals surface area contributed by atoms with E-state index in [9.17, 15) is 0 Å². The van der Waals surface area contributed by atoms with Crippen molar-refractivity contribution in [1.29, 1.82) is 0 Å². The Labute approximate surface area is 179 Å². The topological polar surface area (TPSA) is 63.3 Å². The van der Waals surface area contributed by atoms with Gasteiger partial charge in [-0.3, -0.25) is 9.67 Å². The molecule has 2 heterocycles. The molecule has 30 heavy (non-hydrogen) atoms. The Kier molecular flexibility index (Phi) is 7.27. The maximum atomic E-state index is 4.85. The zero-order valence-corrected chi connectivity index (χ0v) is 18.7.